The van der Waals surface area contributed by atoms with Crippen LogP contribution >= 0.6 is 11.8 Å². The zero-order chi connectivity index (χ0) is 12.9. The fraction of sp³-hybridized carbons (Fsp3) is 0.571. The van der Waals surface area contributed by atoms with Crippen LogP contribution in [0.3, 0.4) is 0 Å². The lowest BCUT2D eigenvalue weighted by Gasteiger charge is -2.19. The summed E-state index contributed by atoms with van der Waals surface area (Å²) in [5, 5.41) is 12.2. The van der Waals surface area contributed by atoms with Gasteiger partial charge in [-0.1, -0.05) is 32.9 Å². The molecule has 0 saturated heterocycles. The highest BCUT2D eigenvalue weighted by atomic mass is 32.2. The second kappa shape index (κ2) is 6.43. The van der Waals surface area contributed by atoms with E-state index in [1.807, 2.05) is 7.05 Å². The zero-order valence-electron chi connectivity index (χ0n) is 11.2. The first kappa shape index (κ1) is 14.6. The maximum atomic E-state index is 9.08. The molecule has 0 spiro atoms. The number of rotatable bonds is 5. The summed E-state index contributed by atoms with van der Waals surface area (Å²) >= 11 is 1.77. The van der Waals surface area contributed by atoms with Gasteiger partial charge in [0.2, 0.25) is 0 Å². The molecule has 0 amide bonds. The Labute approximate surface area is 109 Å². The third-order valence-electron chi connectivity index (χ3n) is 2.80. The van der Waals surface area contributed by atoms with Crippen LogP contribution in [-0.2, 0) is 5.41 Å². The first-order valence-electron chi connectivity index (χ1n) is 5.99. The van der Waals surface area contributed by atoms with Crippen LogP contribution in [0.25, 0.3) is 0 Å². The normalized spacial score (nSPS) is 13.7. The van der Waals surface area contributed by atoms with E-state index in [0.717, 1.165) is 5.75 Å². The van der Waals surface area contributed by atoms with Crippen molar-refractivity contribution in [3.05, 3.63) is 29.8 Å². The summed E-state index contributed by atoms with van der Waals surface area (Å²) in [6.07, 6.45) is 0. The molecule has 0 fully saturated rings. The smallest absolute Gasteiger partial charge is 0.0592 e. The van der Waals surface area contributed by atoms with Gasteiger partial charge in [0.1, 0.15) is 0 Å². The van der Waals surface area contributed by atoms with Crippen LogP contribution < -0.4 is 5.32 Å². The van der Waals surface area contributed by atoms with Crippen molar-refractivity contribution in [1.82, 2.24) is 5.32 Å². The lowest BCUT2D eigenvalue weighted by Crippen LogP contribution is -2.31. The van der Waals surface area contributed by atoms with E-state index in [0.29, 0.717) is 0 Å². The first-order valence-corrected chi connectivity index (χ1v) is 6.97. The van der Waals surface area contributed by atoms with Gasteiger partial charge >= 0.3 is 0 Å². The molecule has 96 valence electrons. The Bertz CT molecular complexity index is 325. The molecule has 3 heteroatoms. The third kappa shape index (κ3) is 4.70. The van der Waals surface area contributed by atoms with Crippen LogP contribution in [0.15, 0.2) is 29.2 Å². The summed E-state index contributed by atoms with van der Waals surface area (Å²) in [7, 11) is 1.88. The van der Waals surface area contributed by atoms with Crippen LogP contribution in [0.1, 0.15) is 26.3 Å². The van der Waals surface area contributed by atoms with E-state index in [1.54, 1.807) is 11.8 Å². The lowest BCUT2D eigenvalue weighted by molar-refractivity contribution is 0.260. The molecule has 1 unspecified atom stereocenters. The van der Waals surface area contributed by atoms with Crippen LogP contribution in [0.5, 0.6) is 0 Å². The van der Waals surface area contributed by atoms with Gasteiger partial charge in [-0.25, -0.2) is 0 Å². The van der Waals surface area contributed by atoms with E-state index in [1.165, 1.54) is 10.5 Å². The molecular weight excluding hydrogens is 230 g/mol. The average Bonchev–Trinajstić information content (AvgIpc) is 2.30. The lowest BCUT2D eigenvalue weighted by atomic mass is 9.87. The molecule has 0 radical (unpaired) electrons. The topological polar surface area (TPSA) is 32.3 Å². The van der Waals surface area contributed by atoms with E-state index in [2.05, 4.69) is 50.4 Å². The van der Waals surface area contributed by atoms with Gasteiger partial charge < -0.3 is 10.4 Å². The van der Waals surface area contributed by atoms with E-state index >= 15 is 0 Å². The van der Waals surface area contributed by atoms with E-state index in [9.17, 15) is 0 Å². The molecule has 0 aromatic heterocycles. The molecule has 0 saturated carbocycles. The Balaban J connectivity index is 2.57. The Morgan fingerprint density at radius 3 is 2.24 bits per heavy atom. The minimum atomic E-state index is 0.169. The molecule has 1 aromatic rings. The van der Waals surface area contributed by atoms with Crippen LogP contribution in [0.4, 0.5) is 0 Å². The molecule has 0 bridgehead atoms. The highest BCUT2D eigenvalue weighted by Crippen LogP contribution is 2.25. The Hall–Kier alpha value is -0.510. The van der Waals surface area contributed by atoms with Gasteiger partial charge in [0.15, 0.2) is 0 Å². The van der Waals surface area contributed by atoms with E-state index < -0.39 is 0 Å². The van der Waals surface area contributed by atoms with Crippen molar-refractivity contribution in [2.45, 2.75) is 37.1 Å². The highest BCUT2D eigenvalue weighted by Gasteiger charge is 2.13. The number of hydrogen-bond donors (Lipinski definition) is 2. The van der Waals surface area contributed by atoms with Crippen LogP contribution in [0, 0.1) is 0 Å². The highest BCUT2D eigenvalue weighted by molar-refractivity contribution is 7.99. The molecule has 0 aliphatic carbocycles. The van der Waals surface area contributed by atoms with Gasteiger partial charge in [0, 0.05) is 16.7 Å². The molecule has 0 heterocycles. The SMILES string of the molecule is CNC(CO)CSc1ccc(C(C)(C)C)cc1. The second-order valence-electron chi connectivity index (χ2n) is 5.25. The molecule has 1 atom stereocenters. The molecule has 0 aliphatic heterocycles. The molecule has 1 rings (SSSR count). The number of benzene rings is 1. The monoisotopic (exact) mass is 253 g/mol. The summed E-state index contributed by atoms with van der Waals surface area (Å²) in [6.45, 7) is 6.84. The molecular formula is C14H23NOS. The van der Waals surface area contributed by atoms with Crippen molar-refractivity contribution in [2.24, 2.45) is 0 Å². The van der Waals surface area contributed by atoms with Crippen molar-refractivity contribution in [3.8, 4) is 0 Å². The number of aliphatic hydroxyl groups is 1. The average molecular weight is 253 g/mol. The van der Waals surface area contributed by atoms with Crippen LogP contribution in [-0.4, -0.2) is 30.6 Å². The largest absolute Gasteiger partial charge is 0.395 e. The van der Waals surface area contributed by atoms with Gasteiger partial charge in [-0.2, -0.15) is 0 Å². The third-order valence-corrected chi connectivity index (χ3v) is 3.97. The van der Waals surface area contributed by atoms with Crippen molar-refractivity contribution in [3.63, 3.8) is 0 Å². The predicted molar refractivity (Wildman–Crippen MR) is 75.8 cm³/mol. The Morgan fingerprint density at radius 2 is 1.82 bits per heavy atom. The van der Waals surface area contributed by atoms with Gasteiger partial charge in [0.25, 0.3) is 0 Å². The van der Waals surface area contributed by atoms with Gasteiger partial charge in [-0.3, -0.25) is 0 Å². The van der Waals surface area contributed by atoms with Crippen molar-refractivity contribution in [2.75, 3.05) is 19.4 Å². The summed E-state index contributed by atoms with van der Waals surface area (Å²) in [5.74, 6) is 0.891. The predicted octanol–water partition coefficient (Wildman–Crippen LogP) is 2.66. The second-order valence-corrected chi connectivity index (χ2v) is 6.35. The van der Waals surface area contributed by atoms with Crippen molar-refractivity contribution in [1.29, 1.82) is 0 Å². The summed E-state index contributed by atoms with van der Waals surface area (Å²) in [4.78, 5) is 1.26. The summed E-state index contributed by atoms with van der Waals surface area (Å²) < 4.78 is 0. The quantitative estimate of drug-likeness (QED) is 0.791. The number of hydrogen-bond acceptors (Lipinski definition) is 3. The maximum absolute atomic E-state index is 9.08. The fourth-order valence-electron chi connectivity index (χ4n) is 1.48. The van der Waals surface area contributed by atoms with Crippen molar-refractivity contribution < 1.29 is 5.11 Å². The molecule has 17 heavy (non-hydrogen) atoms. The van der Waals surface area contributed by atoms with E-state index in [-0.39, 0.29) is 18.1 Å². The minimum Gasteiger partial charge on any atom is -0.395 e. The molecule has 1 aromatic carbocycles. The molecule has 2 nitrogen and oxygen atoms in total. The fourth-order valence-corrected chi connectivity index (χ4v) is 2.47. The zero-order valence-corrected chi connectivity index (χ0v) is 12.0. The number of aliphatic hydroxyl groups excluding tert-OH is 1. The molecule has 2 N–H and O–H groups in total. The number of nitrogens with one attached hydrogen (secondary N) is 1. The van der Waals surface area contributed by atoms with Gasteiger partial charge in [0.05, 0.1) is 6.61 Å². The maximum Gasteiger partial charge on any atom is 0.0592 e. The van der Waals surface area contributed by atoms with Crippen LogP contribution in [0.2, 0.25) is 0 Å². The first-order chi connectivity index (χ1) is 7.97. The summed E-state index contributed by atoms with van der Waals surface area (Å²) in [5.41, 5.74) is 1.57. The van der Waals surface area contributed by atoms with Gasteiger partial charge in [-0.15, -0.1) is 11.8 Å². The van der Waals surface area contributed by atoms with E-state index in [4.69, 9.17) is 5.11 Å². The number of likely N-dealkylation sites (N-methyl/N-ethyl adjacent to an activating group) is 1. The molecule has 0 aliphatic rings. The Morgan fingerprint density at radius 1 is 1.24 bits per heavy atom. The Kier molecular flexibility index (Phi) is 5.50. The standard InChI is InChI=1S/C14H23NOS/c1-14(2,3)11-5-7-13(8-6-11)17-10-12(9-16)15-4/h5-8,12,15-16H,9-10H2,1-4H3. The summed E-state index contributed by atoms with van der Waals surface area (Å²) in [6, 6.07) is 8.87. The minimum absolute atomic E-state index is 0.169. The van der Waals surface area contributed by atoms with Gasteiger partial charge in [-0.05, 0) is 30.2 Å². The number of thioether (sulfide) groups is 1. The van der Waals surface area contributed by atoms with Crippen molar-refractivity contribution >= 4 is 11.8 Å².